The van der Waals surface area contributed by atoms with Gasteiger partial charge in [0.05, 0.1) is 11.7 Å². The first-order valence-corrected chi connectivity index (χ1v) is 5.74. The number of hydrogen-bond acceptors (Lipinski definition) is 4. The van der Waals surface area contributed by atoms with Crippen LogP contribution in [0.2, 0.25) is 0 Å². The Morgan fingerprint density at radius 2 is 1.87 bits per heavy atom. The summed E-state index contributed by atoms with van der Waals surface area (Å²) < 4.78 is 12.0. The summed E-state index contributed by atoms with van der Waals surface area (Å²) in [6, 6.07) is 0.0710. The molecule has 0 aromatic rings. The summed E-state index contributed by atoms with van der Waals surface area (Å²) in [4.78, 5) is 0. The van der Waals surface area contributed by atoms with Crippen LogP contribution < -0.4 is 11.5 Å². The molecule has 1 aliphatic heterocycles. The molecule has 2 aliphatic rings. The Morgan fingerprint density at radius 1 is 1.20 bits per heavy atom. The standard InChI is InChI=1S/C11H22N2O2/c1-7-10(2,3)15-11(14-7)5-4-8(12)9(13)6-11/h7-9H,4-6,12-13H2,1-3H3. The van der Waals surface area contributed by atoms with Crippen LogP contribution in [0, 0.1) is 0 Å². The lowest BCUT2D eigenvalue weighted by Crippen LogP contribution is -2.53. The lowest BCUT2D eigenvalue weighted by Gasteiger charge is -2.39. The second-order valence-corrected chi connectivity index (χ2v) is 5.45. The average Bonchev–Trinajstić information content (AvgIpc) is 2.31. The molecule has 4 atom stereocenters. The summed E-state index contributed by atoms with van der Waals surface area (Å²) in [6.45, 7) is 6.17. The van der Waals surface area contributed by atoms with E-state index in [1.165, 1.54) is 0 Å². The van der Waals surface area contributed by atoms with E-state index in [-0.39, 0.29) is 23.8 Å². The van der Waals surface area contributed by atoms with Crippen molar-refractivity contribution in [1.82, 2.24) is 0 Å². The molecule has 4 unspecified atom stereocenters. The van der Waals surface area contributed by atoms with Gasteiger partial charge in [0, 0.05) is 24.9 Å². The van der Waals surface area contributed by atoms with Crippen molar-refractivity contribution in [2.75, 3.05) is 0 Å². The highest BCUT2D eigenvalue weighted by Crippen LogP contribution is 2.44. The lowest BCUT2D eigenvalue weighted by molar-refractivity contribution is -0.206. The zero-order valence-corrected chi connectivity index (χ0v) is 9.82. The highest BCUT2D eigenvalue weighted by Gasteiger charge is 2.52. The van der Waals surface area contributed by atoms with E-state index in [0.717, 1.165) is 12.8 Å². The SMILES string of the molecule is CC1OC2(CCC(N)C(N)C2)OC1(C)C. The van der Waals surface area contributed by atoms with Gasteiger partial charge in [-0.1, -0.05) is 0 Å². The molecular weight excluding hydrogens is 192 g/mol. The van der Waals surface area contributed by atoms with E-state index in [9.17, 15) is 0 Å². The van der Waals surface area contributed by atoms with Crippen molar-refractivity contribution in [2.24, 2.45) is 11.5 Å². The van der Waals surface area contributed by atoms with E-state index < -0.39 is 5.79 Å². The topological polar surface area (TPSA) is 70.5 Å². The van der Waals surface area contributed by atoms with E-state index in [4.69, 9.17) is 20.9 Å². The van der Waals surface area contributed by atoms with Gasteiger partial charge in [-0.3, -0.25) is 0 Å². The highest BCUT2D eigenvalue weighted by molar-refractivity contribution is 4.97. The van der Waals surface area contributed by atoms with Gasteiger partial charge in [0.25, 0.3) is 0 Å². The Labute approximate surface area is 91.3 Å². The molecule has 4 N–H and O–H groups in total. The van der Waals surface area contributed by atoms with Gasteiger partial charge in [0.2, 0.25) is 0 Å². The fourth-order valence-electron chi connectivity index (χ4n) is 2.46. The van der Waals surface area contributed by atoms with Gasteiger partial charge in [0.1, 0.15) is 0 Å². The van der Waals surface area contributed by atoms with Gasteiger partial charge in [-0.2, -0.15) is 0 Å². The van der Waals surface area contributed by atoms with Crippen LogP contribution in [0.4, 0.5) is 0 Å². The van der Waals surface area contributed by atoms with Crippen LogP contribution in [-0.4, -0.2) is 29.6 Å². The minimum Gasteiger partial charge on any atom is -0.344 e. The molecule has 1 saturated carbocycles. The van der Waals surface area contributed by atoms with Gasteiger partial charge in [-0.25, -0.2) is 0 Å². The molecule has 15 heavy (non-hydrogen) atoms. The molecule has 1 spiro atoms. The fourth-order valence-corrected chi connectivity index (χ4v) is 2.46. The quantitative estimate of drug-likeness (QED) is 0.624. The van der Waals surface area contributed by atoms with Crippen molar-refractivity contribution in [3.63, 3.8) is 0 Å². The van der Waals surface area contributed by atoms with E-state index in [1.54, 1.807) is 0 Å². The zero-order valence-electron chi connectivity index (χ0n) is 9.82. The number of ether oxygens (including phenoxy) is 2. The Kier molecular flexibility index (Phi) is 2.58. The molecular formula is C11H22N2O2. The average molecular weight is 214 g/mol. The van der Waals surface area contributed by atoms with Crippen molar-refractivity contribution >= 4 is 0 Å². The molecule has 0 amide bonds. The van der Waals surface area contributed by atoms with Gasteiger partial charge >= 0.3 is 0 Å². The maximum Gasteiger partial charge on any atom is 0.171 e. The van der Waals surface area contributed by atoms with E-state index in [0.29, 0.717) is 6.42 Å². The van der Waals surface area contributed by atoms with Crippen LogP contribution in [0.15, 0.2) is 0 Å². The summed E-state index contributed by atoms with van der Waals surface area (Å²) in [5.74, 6) is -0.474. The molecule has 1 heterocycles. The first-order chi connectivity index (χ1) is 6.85. The zero-order chi connectivity index (χ0) is 11.3. The maximum absolute atomic E-state index is 6.05. The van der Waals surface area contributed by atoms with Gasteiger partial charge in [-0.05, 0) is 27.2 Å². The van der Waals surface area contributed by atoms with Crippen molar-refractivity contribution in [1.29, 1.82) is 0 Å². The molecule has 2 rings (SSSR count). The normalized spacial score (nSPS) is 49.8. The molecule has 4 heteroatoms. The molecule has 2 fully saturated rings. The molecule has 0 aromatic heterocycles. The molecule has 0 aromatic carbocycles. The summed E-state index contributed by atoms with van der Waals surface area (Å²) >= 11 is 0. The second-order valence-electron chi connectivity index (χ2n) is 5.45. The number of nitrogens with two attached hydrogens (primary N) is 2. The molecule has 4 nitrogen and oxygen atoms in total. The Morgan fingerprint density at radius 3 is 2.33 bits per heavy atom. The van der Waals surface area contributed by atoms with E-state index in [1.807, 2.05) is 0 Å². The Bertz CT molecular complexity index is 257. The summed E-state index contributed by atoms with van der Waals surface area (Å²) in [6.07, 6.45) is 2.56. The van der Waals surface area contributed by atoms with Crippen molar-refractivity contribution in [3.05, 3.63) is 0 Å². The van der Waals surface area contributed by atoms with Crippen molar-refractivity contribution in [2.45, 2.75) is 69.6 Å². The minimum atomic E-state index is -0.474. The maximum atomic E-state index is 6.05. The minimum absolute atomic E-state index is 0.0140. The predicted molar refractivity (Wildman–Crippen MR) is 58.2 cm³/mol. The first kappa shape index (κ1) is 11.3. The molecule has 0 radical (unpaired) electrons. The smallest absolute Gasteiger partial charge is 0.171 e. The number of hydrogen-bond donors (Lipinski definition) is 2. The first-order valence-electron chi connectivity index (χ1n) is 5.74. The summed E-state index contributed by atoms with van der Waals surface area (Å²) in [7, 11) is 0. The molecule has 1 aliphatic carbocycles. The lowest BCUT2D eigenvalue weighted by atomic mass is 9.87. The van der Waals surface area contributed by atoms with Gasteiger partial charge in [-0.15, -0.1) is 0 Å². The molecule has 88 valence electrons. The van der Waals surface area contributed by atoms with Gasteiger partial charge in [0.15, 0.2) is 5.79 Å². The Hall–Kier alpha value is -0.160. The molecule has 1 saturated heterocycles. The monoisotopic (exact) mass is 214 g/mol. The van der Waals surface area contributed by atoms with Crippen molar-refractivity contribution in [3.8, 4) is 0 Å². The van der Waals surface area contributed by atoms with Crippen LogP contribution in [0.25, 0.3) is 0 Å². The third-order valence-electron chi connectivity index (χ3n) is 3.77. The largest absolute Gasteiger partial charge is 0.344 e. The van der Waals surface area contributed by atoms with E-state index >= 15 is 0 Å². The third kappa shape index (κ3) is 1.91. The molecule has 0 bridgehead atoms. The van der Waals surface area contributed by atoms with Crippen LogP contribution in [-0.2, 0) is 9.47 Å². The van der Waals surface area contributed by atoms with Crippen molar-refractivity contribution < 1.29 is 9.47 Å². The van der Waals surface area contributed by atoms with Crippen LogP contribution in [0.1, 0.15) is 40.0 Å². The summed E-state index contributed by atoms with van der Waals surface area (Å²) in [5.41, 5.74) is 11.7. The summed E-state index contributed by atoms with van der Waals surface area (Å²) in [5, 5.41) is 0. The highest BCUT2D eigenvalue weighted by atomic mass is 16.8. The van der Waals surface area contributed by atoms with E-state index in [2.05, 4.69) is 20.8 Å². The predicted octanol–water partition coefficient (Wildman–Crippen LogP) is 0.735. The second kappa shape index (κ2) is 3.42. The van der Waals surface area contributed by atoms with Crippen LogP contribution in [0.5, 0.6) is 0 Å². The van der Waals surface area contributed by atoms with Crippen LogP contribution >= 0.6 is 0 Å². The van der Waals surface area contributed by atoms with Gasteiger partial charge < -0.3 is 20.9 Å². The third-order valence-corrected chi connectivity index (χ3v) is 3.77. The fraction of sp³-hybridized carbons (Fsp3) is 1.00. The number of rotatable bonds is 0. The van der Waals surface area contributed by atoms with Crippen LogP contribution in [0.3, 0.4) is 0 Å². The Balaban J connectivity index is 2.11.